The van der Waals surface area contributed by atoms with Crippen molar-refractivity contribution in [3.05, 3.63) is 35.3 Å². The fourth-order valence-corrected chi connectivity index (χ4v) is 3.69. The molecule has 1 N–H and O–H groups in total. The lowest BCUT2D eigenvalue weighted by atomic mass is 10.1. The number of carboxylic acid groups (broad SMARTS) is 1. The molecule has 1 aromatic heterocycles. The number of aliphatic carboxylic acids is 1. The van der Waals surface area contributed by atoms with Gasteiger partial charge < -0.3 is 14.6 Å². The molecular formula is C17H20N2O4S. The fourth-order valence-electron chi connectivity index (χ4n) is 2.76. The Hall–Kier alpha value is -1.96. The van der Waals surface area contributed by atoms with E-state index in [-0.39, 0.29) is 12.5 Å². The molecule has 2 heterocycles. The predicted octanol–water partition coefficient (Wildman–Crippen LogP) is 2.49. The summed E-state index contributed by atoms with van der Waals surface area (Å²) in [7, 11) is 1.65. The van der Waals surface area contributed by atoms with Gasteiger partial charge in [0, 0.05) is 35.8 Å². The number of ether oxygens (including phenoxy) is 2. The zero-order chi connectivity index (χ0) is 16.9. The van der Waals surface area contributed by atoms with E-state index in [1.54, 1.807) is 18.4 Å². The Morgan fingerprint density at radius 3 is 3.21 bits per heavy atom. The van der Waals surface area contributed by atoms with Crippen molar-refractivity contribution in [2.24, 2.45) is 0 Å². The number of rotatable bonds is 6. The van der Waals surface area contributed by atoms with Gasteiger partial charge in [-0.3, -0.25) is 9.69 Å². The fraction of sp³-hybridized carbons (Fsp3) is 0.412. The van der Waals surface area contributed by atoms with E-state index in [1.807, 2.05) is 30.5 Å². The van der Waals surface area contributed by atoms with E-state index >= 15 is 0 Å². The molecule has 0 radical (unpaired) electrons. The van der Waals surface area contributed by atoms with E-state index in [1.165, 1.54) is 0 Å². The monoisotopic (exact) mass is 348 g/mol. The molecule has 2 aromatic rings. The molecule has 128 valence electrons. The maximum Gasteiger partial charge on any atom is 0.305 e. The highest BCUT2D eigenvalue weighted by molar-refractivity contribution is 7.15. The van der Waals surface area contributed by atoms with Crippen LogP contribution in [0.3, 0.4) is 0 Å². The lowest BCUT2D eigenvalue weighted by Gasteiger charge is -2.34. The molecular weight excluding hydrogens is 328 g/mol. The highest BCUT2D eigenvalue weighted by Crippen LogP contribution is 2.29. The first-order chi connectivity index (χ1) is 11.7. The second-order valence-electron chi connectivity index (χ2n) is 5.66. The summed E-state index contributed by atoms with van der Waals surface area (Å²) in [6.07, 6.45) is 1.97. The molecule has 24 heavy (non-hydrogen) atoms. The first kappa shape index (κ1) is 16.9. The van der Waals surface area contributed by atoms with Crippen LogP contribution in [0.5, 0.6) is 5.75 Å². The molecule has 0 spiro atoms. The summed E-state index contributed by atoms with van der Waals surface area (Å²) in [5.74, 6) is 0.0100. The molecule has 1 saturated heterocycles. The SMILES string of the molecule is COc1cccc(-c2ncc(CN3CCOCC3CC(=O)O)s2)c1. The molecule has 1 atom stereocenters. The maximum atomic E-state index is 11.0. The van der Waals surface area contributed by atoms with Crippen LogP contribution in [0.1, 0.15) is 11.3 Å². The zero-order valence-electron chi connectivity index (χ0n) is 13.5. The first-order valence-corrected chi connectivity index (χ1v) is 8.60. The Morgan fingerprint density at radius 2 is 2.42 bits per heavy atom. The zero-order valence-corrected chi connectivity index (χ0v) is 14.3. The van der Waals surface area contributed by atoms with E-state index in [4.69, 9.17) is 14.6 Å². The predicted molar refractivity (Wildman–Crippen MR) is 91.4 cm³/mol. The number of carboxylic acids is 1. The number of methoxy groups -OCH3 is 1. The van der Waals surface area contributed by atoms with Crippen molar-refractivity contribution in [1.29, 1.82) is 0 Å². The topological polar surface area (TPSA) is 71.9 Å². The van der Waals surface area contributed by atoms with E-state index in [0.29, 0.717) is 19.8 Å². The third kappa shape index (κ3) is 4.11. The Balaban J connectivity index is 1.71. The van der Waals surface area contributed by atoms with Crippen molar-refractivity contribution in [3.63, 3.8) is 0 Å². The molecule has 1 fully saturated rings. The highest BCUT2D eigenvalue weighted by Gasteiger charge is 2.25. The van der Waals surface area contributed by atoms with Gasteiger partial charge in [0.25, 0.3) is 0 Å². The van der Waals surface area contributed by atoms with E-state index in [9.17, 15) is 4.79 Å². The highest BCUT2D eigenvalue weighted by atomic mass is 32.1. The van der Waals surface area contributed by atoms with Crippen LogP contribution in [-0.4, -0.2) is 53.9 Å². The smallest absolute Gasteiger partial charge is 0.305 e. The second kappa shape index (κ2) is 7.74. The normalized spacial score (nSPS) is 18.5. The molecule has 0 bridgehead atoms. The minimum atomic E-state index is -0.795. The lowest BCUT2D eigenvalue weighted by molar-refractivity contribution is -0.140. The van der Waals surface area contributed by atoms with Crippen molar-refractivity contribution in [2.45, 2.75) is 19.0 Å². The summed E-state index contributed by atoms with van der Waals surface area (Å²) < 4.78 is 10.7. The Bertz CT molecular complexity index is 703. The Kier molecular flexibility index (Phi) is 5.44. The van der Waals surface area contributed by atoms with Crippen molar-refractivity contribution in [3.8, 4) is 16.3 Å². The van der Waals surface area contributed by atoms with Crippen LogP contribution in [-0.2, 0) is 16.1 Å². The molecule has 0 aliphatic carbocycles. The van der Waals surface area contributed by atoms with Gasteiger partial charge >= 0.3 is 5.97 Å². The molecule has 1 unspecified atom stereocenters. The molecule has 1 aromatic carbocycles. The summed E-state index contributed by atoms with van der Waals surface area (Å²) in [4.78, 5) is 18.8. The number of nitrogens with zero attached hydrogens (tertiary/aromatic N) is 2. The number of morpholine rings is 1. The average Bonchev–Trinajstić information content (AvgIpc) is 3.05. The summed E-state index contributed by atoms with van der Waals surface area (Å²) in [6, 6.07) is 7.73. The summed E-state index contributed by atoms with van der Waals surface area (Å²) in [6.45, 7) is 2.54. The van der Waals surface area contributed by atoms with E-state index in [2.05, 4.69) is 9.88 Å². The molecule has 1 aliphatic rings. The summed E-state index contributed by atoms with van der Waals surface area (Å²) in [5, 5.41) is 9.98. The molecule has 1 aliphatic heterocycles. The van der Waals surface area contributed by atoms with Crippen LogP contribution >= 0.6 is 11.3 Å². The van der Waals surface area contributed by atoms with Crippen LogP contribution in [0.25, 0.3) is 10.6 Å². The maximum absolute atomic E-state index is 11.0. The van der Waals surface area contributed by atoms with Crippen LogP contribution < -0.4 is 4.74 Å². The number of carbonyl (C=O) groups is 1. The van der Waals surface area contributed by atoms with Crippen LogP contribution in [0.4, 0.5) is 0 Å². The van der Waals surface area contributed by atoms with E-state index < -0.39 is 5.97 Å². The first-order valence-electron chi connectivity index (χ1n) is 7.78. The molecule has 6 nitrogen and oxygen atoms in total. The number of hydrogen-bond donors (Lipinski definition) is 1. The number of aromatic nitrogens is 1. The van der Waals surface area contributed by atoms with Crippen molar-refractivity contribution in [2.75, 3.05) is 26.9 Å². The van der Waals surface area contributed by atoms with Gasteiger partial charge in [-0.2, -0.15) is 0 Å². The molecule has 0 saturated carbocycles. The molecule has 7 heteroatoms. The number of hydrogen-bond acceptors (Lipinski definition) is 6. The van der Waals surface area contributed by atoms with Gasteiger partial charge in [-0.25, -0.2) is 4.98 Å². The third-order valence-electron chi connectivity index (χ3n) is 3.99. The summed E-state index contributed by atoms with van der Waals surface area (Å²) >= 11 is 1.62. The van der Waals surface area contributed by atoms with Gasteiger partial charge in [-0.1, -0.05) is 12.1 Å². The van der Waals surface area contributed by atoms with Gasteiger partial charge in [-0.15, -0.1) is 11.3 Å². The minimum absolute atomic E-state index is 0.0846. The molecule has 0 amide bonds. The van der Waals surface area contributed by atoms with Crippen molar-refractivity contribution < 1.29 is 19.4 Å². The third-order valence-corrected chi connectivity index (χ3v) is 5.02. The van der Waals surface area contributed by atoms with Gasteiger partial charge in [0.2, 0.25) is 0 Å². The largest absolute Gasteiger partial charge is 0.497 e. The molecule has 3 rings (SSSR count). The van der Waals surface area contributed by atoms with Crippen molar-refractivity contribution >= 4 is 17.3 Å². The van der Waals surface area contributed by atoms with Gasteiger partial charge in [0.05, 0.1) is 26.7 Å². The van der Waals surface area contributed by atoms with Crippen LogP contribution in [0, 0.1) is 0 Å². The van der Waals surface area contributed by atoms with Gasteiger partial charge in [-0.05, 0) is 12.1 Å². The Labute approximate surface area is 144 Å². The second-order valence-corrected chi connectivity index (χ2v) is 6.78. The van der Waals surface area contributed by atoms with E-state index in [0.717, 1.165) is 27.7 Å². The minimum Gasteiger partial charge on any atom is -0.497 e. The quantitative estimate of drug-likeness (QED) is 0.865. The van der Waals surface area contributed by atoms with Gasteiger partial charge in [0.1, 0.15) is 10.8 Å². The van der Waals surface area contributed by atoms with Crippen LogP contribution in [0.15, 0.2) is 30.5 Å². The number of benzene rings is 1. The lowest BCUT2D eigenvalue weighted by Crippen LogP contribution is -2.45. The summed E-state index contributed by atoms with van der Waals surface area (Å²) in [5.41, 5.74) is 1.02. The van der Waals surface area contributed by atoms with Gasteiger partial charge in [0.15, 0.2) is 0 Å². The number of thiazole rings is 1. The standard InChI is InChI=1S/C17H20N2O4S/c1-22-14-4-2-3-12(7-14)17-18-9-15(24-17)10-19-5-6-23-11-13(19)8-16(20)21/h2-4,7,9,13H,5-6,8,10-11H2,1H3,(H,20,21). The Morgan fingerprint density at radius 1 is 1.54 bits per heavy atom. The van der Waals surface area contributed by atoms with Crippen molar-refractivity contribution in [1.82, 2.24) is 9.88 Å². The van der Waals surface area contributed by atoms with Crippen LogP contribution in [0.2, 0.25) is 0 Å². The average molecular weight is 348 g/mol.